The lowest BCUT2D eigenvalue weighted by Gasteiger charge is -2.60. The zero-order valence-corrected chi connectivity index (χ0v) is 27.5. The van der Waals surface area contributed by atoms with Gasteiger partial charge in [-0.1, -0.05) is 70.0 Å². The predicted octanol–water partition coefficient (Wildman–Crippen LogP) is 8.99. The predicted molar refractivity (Wildman–Crippen MR) is 177 cm³/mol. The Morgan fingerprint density at radius 2 is 1.78 bits per heavy atom. The highest BCUT2D eigenvalue weighted by molar-refractivity contribution is 5.90. The molecule has 6 fully saturated rings. The number of likely N-dealkylation sites (tertiary alicyclic amines) is 1. The lowest BCUT2D eigenvalue weighted by molar-refractivity contribution is -0.211. The Balaban J connectivity index is 0.958. The number of hydrogen-bond acceptors (Lipinski definition) is 4. The molecule has 2 aliphatic heterocycles. The molecule has 4 nitrogen and oxygen atoms in total. The van der Waals surface area contributed by atoms with E-state index in [1.807, 2.05) is 36.4 Å². The first kappa shape index (κ1) is 28.8. The first-order chi connectivity index (χ1) is 21.8. The van der Waals surface area contributed by atoms with Crippen LogP contribution in [0.5, 0.6) is 11.5 Å². The number of benzene rings is 2. The van der Waals surface area contributed by atoms with Gasteiger partial charge in [0, 0.05) is 36.9 Å². The van der Waals surface area contributed by atoms with Gasteiger partial charge < -0.3 is 9.47 Å². The summed E-state index contributed by atoms with van der Waals surface area (Å²) in [6.07, 6.45) is 17.1. The van der Waals surface area contributed by atoms with Crippen LogP contribution in [0.1, 0.15) is 90.5 Å². The molecule has 9 rings (SSSR count). The van der Waals surface area contributed by atoms with Crippen molar-refractivity contribution in [2.75, 3.05) is 6.54 Å². The summed E-state index contributed by atoms with van der Waals surface area (Å²) >= 11 is 0. The molecule has 3 unspecified atom stereocenters. The van der Waals surface area contributed by atoms with Crippen molar-refractivity contribution < 1.29 is 14.3 Å². The maximum absolute atomic E-state index is 12.2. The van der Waals surface area contributed by atoms with E-state index in [-0.39, 0.29) is 11.0 Å². The average molecular weight is 606 g/mol. The Kier molecular flexibility index (Phi) is 6.42. The fourth-order valence-corrected chi connectivity index (χ4v) is 12.9. The van der Waals surface area contributed by atoms with E-state index in [2.05, 4.69) is 56.0 Å². The van der Waals surface area contributed by atoms with Crippen LogP contribution in [0.2, 0.25) is 0 Å². The van der Waals surface area contributed by atoms with E-state index in [1.54, 1.807) is 0 Å². The van der Waals surface area contributed by atoms with Crippen LogP contribution in [0.15, 0.2) is 66.7 Å². The van der Waals surface area contributed by atoms with Gasteiger partial charge in [-0.2, -0.15) is 0 Å². The second-order valence-electron chi connectivity index (χ2n) is 16.8. The van der Waals surface area contributed by atoms with Gasteiger partial charge in [-0.15, -0.1) is 0 Å². The molecule has 7 aliphatic rings. The van der Waals surface area contributed by atoms with Gasteiger partial charge in [-0.3, -0.25) is 9.69 Å². The van der Waals surface area contributed by atoms with Crippen molar-refractivity contribution >= 4 is 5.78 Å². The molecule has 238 valence electrons. The minimum Gasteiger partial charge on any atom is -0.457 e. The van der Waals surface area contributed by atoms with Crippen LogP contribution >= 0.6 is 0 Å². The molecule has 0 aromatic heterocycles. The molecular weight excluding hydrogens is 554 g/mol. The van der Waals surface area contributed by atoms with Crippen LogP contribution in [0, 0.1) is 45.8 Å². The number of para-hydroxylation sites is 1. The van der Waals surface area contributed by atoms with Crippen LogP contribution in [0.25, 0.3) is 0 Å². The zero-order chi connectivity index (χ0) is 30.6. The standard InChI is InChI=1S/C41H51NO3/c1-4-8-32-33-17-20-41-35(23-40(41)26-39(33,40)22-34(32)38(3)18-15-29(43)16-19-38)37-36(45-41)21-27(2)24-42(37)25-28-11-13-31(14-12-28)44-30-9-6-5-7-10-30/h5-7,9-15,18,27,32-37H,4,8,16-17,19-26H2,1-3H3/t27-,32?,33-,34-,35+,36+,37-,38+,39?,40?,41+/m0/s1. The van der Waals surface area contributed by atoms with Gasteiger partial charge in [-0.25, -0.2) is 0 Å². The van der Waals surface area contributed by atoms with E-state index in [0.29, 0.717) is 40.6 Å². The maximum Gasteiger partial charge on any atom is 0.155 e. The number of carbonyl (C=O) groups is 1. The molecule has 0 N–H and O–H groups in total. The highest BCUT2D eigenvalue weighted by Crippen LogP contribution is 2.93. The number of ketones is 1. The highest BCUT2D eigenvalue weighted by atomic mass is 16.5. The minimum absolute atomic E-state index is 0.111. The molecule has 0 bridgehead atoms. The van der Waals surface area contributed by atoms with Gasteiger partial charge in [0.15, 0.2) is 5.78 Å². The Morgan fingerprint density at radius 3 is 2.53 bits per heavy atom. The molecule has 0 amide bonds. The van der Waals surface area contributed by atoms with Crippen molar-refractivity contribution in [2.45, 2.75) is 109 Å². The van der Waals surface area contributed by atoms with Crippen molar-refractivity contribution in [2.24, 2.45) is 45.8 Å². The Labute approximate surface area is 269 Å². The Bertz CT molecular complexity index is 1500. The average Bonchev–Trinajstić information content (AvgIpc) is 3.54. The summed E-state index contributed by atoms with van der Waals surface area (Å²) in [5.41, 5.74) is 2.57. The zero-order valence-electron chi connectivity index (χ0n) is 27.5. The van der Waals surface area contributed by atoms with Gasteiger partial charge in [-0.05, 0) is 115 Å². The molecule has 45 heavy (non-hydrogen) atoms. The highest BCUT2D eigenvalue weighted by Gasteiger charge is 2.91. The van der Waals surface area contributed by atoms with Crippen LogP contribution in [0.4, 0.5) is 0 Å². The summed E-state index contributed by atoms with van der Waals surface area (Å²) in [6, 6.07) is 19.4. The number of allylic oxidation sites excluding steroid dienone is 2. The van der Waals surface area contributed by atoms with Crippen molar-refractivity contribution in [1.82, 2.24) is 4.90 Å². The summed E-state index contributed by atoms with van der Waals surface area (Å²) in [6.45, 7) is 9.49. The SMILES string of the molecule is CCCC1[C@@H]2CC[C@@]34O[C@@H]5C[C@H](C)CN(Cc6ccc(Oc7ccccc7)cc6)[C@H]5[C@H]3CC43CC23C[C@@H]1[C@]1(C)C=CC(=O)CC1. The summed E-state index contributed by atoms with van der Waals surface area (Å²) < 4.78 is 13.6. The monoisotopic (exact) mass is 605 g/mol. The molecular formula is C41H51NO3. The molecule has 11 atom stereocenters. The second kappa shape index (κ2) is 10.0. The lowest BCUT2D eigenvalue weighted by Crippen LogP contribution is -2.64. The smallest absolute Gasteiger partial charge is 0.155 e. The van der Waals surface area contributed by atoms with Gasteiger partial charge in [0.1, 0.15) is 11.5 Å². The fraction of sp³-hybridized carbons (Fsp3) is 0.634. The van der Waals surface area contributed by atoms with Gasteiger partial charge in [0.2, 0.25) is 0 Å². The number of rotatable bonds is 7. The molecule has 2 aromatic rings. The van der Waals surface area contributed by atoms with Gasteiger partial charge >= 0.3 is 0 Å². The number of carbonyl (C=O) groups excluding carboxylic acids is 1. The second-order valence-corrected chi connectivity index (χ2v) is 16.8. The molecule has 2 aromatic carbocycles. The van der Waals surface area contributed by atoms with Crippen molar-refractivity contribution in [3.63, 3.8) is 0 Å². The number of ether oxygens (including phenoxy) is 2. The van der Waals surface area contributed by atoms with Crippen molar-refractivity contribution in [3.05, 3.63) is 72.3 Å². The molecule has 4 saturated carbocycles. The van der Waals surface area contributed by atoms with Crippen LogP contribution < -0.4 is 4.74 Å². The number of nitrogens with zero attached hydrogens (tertiary/aromatic N) is 1. The minimum atomic E-state index is 0.111. The fourth-order valence-electron chi connectivity index (χ4n) is 12.9. The third-order valence-electron chi connectivity index (χ3n) is 14.7. The van der Waals surface area contributed by atoms with E-state index < -0.39 is 0 Å². The Hall–Kier alpha value is -2.43. The van der Waals surface area contributed by atoms with Crippen LogP contribution in [-0.2, 0) is 16.1 Å². The maximum atomic E-state index is 12.2. The van der Waals surface area contributed by atoms with Crippen molar-refractivity contribution in [3.8, 4) is 11.5 Å². The molecule has 2 heterocycles. The van der Waals surface area contributed by atoms with Gasteiger partial charge in [0.05, 0.1) is 11.7 Å². The molecule has 4 heteroatoms. The van der Waals surface area contributed by atoms with Gasteiger partial charge in [0.25, 0.3) is 0 Å². The van der Waals surface area contributed by atoms with Crippen LogP contribution in [-0.4, -0.2) is 35.0 Å². The van der Waals surface area contributed by atoms with E-state index in [0.717, 1.165) is 48.6 Å². The first-order valence-electron chi connectivity index (χ1n) is 18.3. The lowest BCUT2D eigenvalue weighted by atomic mass is 9.47. The topological polar surface area (TPSA) is 38.8 Å². The van der Waals surface area contributed by atoms with Crippen molar-refractivity contribution in [1.29, 1.82) is 0 Å². The molecule has 2 saturated heterocycles. The molecule has 0 radical (unpaired) electrons. The number of fused-ring (bicyclic) bond motifs is 2. The van der Waals surface area contributed by atoms with E-state index in [9.17, 15) is 4.79 Å². The third kappa shape index (κ3) is 4.00. The summed E-state index contributed by atoms with van der Waals surface area (Å²) in [4.78, 5) is 15.0. The normalized spacial score (nSPS) is 45.9. The summed E-state index contributed by atoms with van der Waals surface area (Å²) in [5, 5.41) is 0. The third-order valence-corrected chi connectivity index (χ3v) is 14.7. The number of hydrogen-bond donors (Lipinski definition) is 0. The van der Waals surface area contributed by atoms with E-state index in [4.69, 9.17) is 9.47 Å². The first-order valence-corrected chi connectivity index (χ1v) is 18.3. The molecule has 3 spiro atoms. The summed E-state index contributed by atoms with van der Waals surface area (Å²) in [7, 11) is 0. The van der Waals surface area contributed by atoms with Crippen LogP contribution in [0.3, 0.4) is 0 Å². The largest absolute Gasteiger partial charge is 0.457 e. The molecule has 5 aliphatic carbocycles. The summed E-state index contributed by atoms with van der Waals surface area (Å²) in [5.74, 6) is 5.83. The quantitative estimate of drug-likeness (QED) is 0.316. The number of piperidine rings is 1. The van der Waals surface area contributed by atoms with E-state index >= 15 is 0 Å². The van der Waals surface area contributed by atoms with E-state index in [1.165, 1.54) is 63.5 Å². The Morgan fingerprint density at radius 1 is 0.978 bits per heavy atom.